The molecular formula is C15H18N2O4. The van der Waals surface area contributed by atoms with Gasteiger partial charge in [0.15, 0.2) is 0 Å². The molecule has 1 atom stereocenters. The summed E-state index contributed by atoms with van der Waals surface area (Å²) in [7, 11) is 0. The average Bonchev–Trinajstić information content (AvgIpc) is 3.21. The number of hydrogen-bond donors (Lipinski definition) is 2. The van der Waals surface area contributed by atoms with Crippen LogP contribution < -0.4 is 15.8 Å². The molecule has 6 nitrogen and oxygen atoms in total. The number of esters is 1. The third-order valence-corrected chi connectivity index (χ3v) is 3.27. The van der Waals surface area contributed by atoms with Gasteiger partial charge in [0, 0.05) is 12.5 Å². The van der Waals surface area contributed by atoms with E-state index >= 15 is 0 Å². The Balaban J connectivity index is 2.03. The highest BCUT2D eigenvalue weighted by molar-refractivity contribution is 5.97. The van der Waals surface area contributed by atoms with Crippen molar-refractivity contribution in [3.63, 3.8) is 0 Å². The molecule has 0 heterocycles. The molecule has 1 aromatic rings. The van der Waals surface area contributed by atoms with Crippen LogP contribution in [-0.2, 0) is 9.59 Å². The third kappa shape index (κ3) is 4.59. The van der Waals surface area contributed by atoms with Crippen LogP contribution in [-0.4, -0.2) is 23.8 Å². The fourth-order valence-corrected chi connectivity index (χ4v) is 2.04. The van der Waals surface area contributed by atoms with Gasteiger partial charge in [-0.15, -0.1) is 0 Å². The third-order valence-electron chi connectivity index (χ3n) is 3.27. The van der Waals surface area contributed by atoms with Crippen LogP contribution in [0.1, 0.15) is 36.5 Å². The van der Waals surface area contributed by atoms with Gasteiger partial charge < -0.3 is 15.8 Å². The number of nitrogens with one attached hydrogen (secondary N) is 1. The summed E-state index contributed by atoms with van der Waals surface area (Å²) in [6, 6.07) is 5.55. The highest BCUT2D eigenvalue weighted by atomic mass is 16.5. The molecular weight excluding hydrogens is 272 g/mol. The fraction of sp³-hybridized carbons (Fsp3) is 0.400. The number of rotatable bonds is 6. The maximum Gasteiger partial charge on any atom is 0.308 e. The van der Waals surface area contributed by atoms with Gasteiger partial charge in [-0.1, -0.05) is 18.9 Å². The molecule has 1 fully saturated rings. The van der Waals surface area contributed by atoms with E-state index in [0.717, 1.165) is 12.8 Å². The summed E-state index contributed by atoms with van der Waals surface area (Å²) in [5.74, 6) is -0.653. The molecule has 6 heteroatoms. The zero-order chi connectivity index (χ0) is 15.4. The quantitative estimate of drug-likeness (QED) is 0.603. The number of carbonyl (C=O) groups excluding carboxylic acids is 3. The van der Waals surface area contributed by atoms with E-state index < -0.39 is 23.8 Å². The van der Waals surface area contributed by atoms with Crippen molar-refractivity contribution in [3.05, 3.63) is 29.8 Å². The SMILES string of the molecule is CC(=O)Oc1cccc(C(=O)N[C@H](CC2CC2)C(N)=O)c1. The Morgan fingerprint density at radius 1 is 1.38 bits per heavy atom. The number of benzene rings is 1. The van der Waals surface area contributed by atoms with Crippen LogP contribution in [0.2, 0.25) is 0 Å². The molecule has 0 saturated heterocycles. The second-order valence-corrected chi connectivity index (χ2v) is 5.23. The van der Waals surface area contributed by atoms with Gasteiger partial charge in [-0.05, 0) is 30.5 Å². The summed E-state index contributed by atoms with van der Waals surface area (Å²) < 4.78 is 4.92. The zero-order valence-electron chi connectivity index (χ0n) is 11.8. The minimum absolute atomic E-state index is 0.285. The average molecular weight is 290 g/mol. The number of nitrogens with two attached hydrogens (primary N) is 1. The molecule has 3 N–H and O–H groups in total. The normalized spacial score (nSPS) is 15.1. The molecule has 0 spiro atoms. The van der Waals surface area contributed by atoms with Gasteiger partial charge in [0.2, 0.25) is 5.91 Å². The highest BCUT2D eigenvalue weighted by Crippen LogP contribution is 2.33. The molecule has 1 aliphatic carbocycles. The summed E-state index contributed by atoms with van der Waals surface area (Å²) in [6.45, 7) is 1.28. The summed E-state index contributed by atoms with van der Waals surface area (Å²) >= 11 is 0. The highest BCUT2D eigenvalue weighted by Gasteiger charge is 2.29. The van der Waals surface area contributed by atoms with Crippen molar-refractivity contribution in [2.75, 3.05) is 0 Å². The van der Waals surface area contributed by atoms with Gasteiger partial charge >= 0.3 is 5.97 Å². The lowest BCUT2D eigenvalue weighted by Gasteiger charge is -2.15. The molecule has 0 unspecified atom stereocenters. The lowest BCUT2D eigenvalue weighted by Crippen LogP contribution is -2.44. The molecule has 0 aromatic heterocycles. The predicted molar refractivity (Wildman–Crippen MR) is 75.5 cm³/mol. The van der Waals surface area contributed by atoms with E-state index in [9.17, 15) is 14.4 Å². The molecule has 1 saturated carbocycles. The summed E-state index contributed by atoms with van der Waals surface area (Å²) in [6.07, 6.45) is 2.72. The Morgan fingerprint density at radius 3 is 2.67 bits per heavy atom. The van der Waals surface area contributed by atoms with Crippen molar-refractivity contribution in [3.8, 4) is 5.75 Å². The maximum atomic E-state index is 12.1. The van der Waals surface area contributed by atoms with Crippen molar-refractivity contribution in [1.29, 1.82) is 0 Å². The maximum absolute atomic E-state index is 12.1. The predicted octanol–water partition coefficient (Wildman–Crippen LogP) is 0.996. The number of amides is 2. The van der Waals surface area contributed by atoms with Crippen molar-refractivity contribution in [2.45, 2.75) is 32.2 Å². The second kappa shape index (κ2) is 6.39. The van der Waals surface area contributed by atoms with Crippen molar-refractivity contribution >= 4 is 17.8 Å². The van der Waals surface area contributed by atoms with Gasteiger partial charge in [-0.25, -0.2) is 0 Å². The number of ether oxygens (including phenoxy) is 1. The van der Waals surface area contributed by atoms with E-state index in [1.807, 2.05) is 0 Å². The summed E-state index contributed by atoms with van der Waals surface area (Å²) in [5, 5.41) is 2.63. The topological polar surface area (TPSA) is 98.5 Å². The summed E-state index contributed by atoms with van der Waals surface area (Å²) in [4.78, 5) is 34.4. The van der Waals surface area contributed by atoms with E-state index in [4.69, 9.17) is 10.5 Å². The molecule has 1 aliphatic rings. The monoisotopic (exact) mass is 290 g/mol. The molecule has 0 aliphatic heterocycles. The molecule has 0 bridgehead atoms. The first-order chi connectivity index (χ1) is 9.95. The van der Waals surface area contributed by atoms with E-state index in [0.29, 0.717) is 17.9 Å². The first kappa shape index (κ1) is 15.0. The zero-order valence-corrected chi connectivity index (χ0v) is 11.8. The molecule has 0 radical (unpaired) electrons. The van der Waals surface area contributed by atoms with Crippen LogP contribution in [0.25, 0.3) is 0 Å². The van der Waals surface area contributed by atoms with E-state index in [1.54, 1.807) is 18.2 Å². The minimum atomic E-state index is -0.664. The van der Waals surface area contributed by atoms with Gasteiger partial charge in [0.05, 0.1) is 0 Å². The molecule has 2 rings (SSSR count). The largest absolute Gasteiger partial charge is 0.427 e. The minimum Gasteiger partial charge on any atom is -0.427 e. The van der Waals surface area contributed by atoms with Crippen LogP contribution in [0.4, 0.5) is 0 Å². The molecule has 2 amide bonds. The van der Waals surface area contributed by atoms with Crippen LogP contribution >= 0.6 is 0 Å². The number of hydrogen-bond acceptors (Lipinski definition) is 4. The Bertz CT molecular complexity index is 567. The number of carbonyl (C=O) groups is 3. The fourth-order valence-electron chi connectivity index (χ4n) is 2.04. The Labute approximate surface area is 122 Å². The second-order valence-electron chi connectivity index (χ2n) is 5.23. The first-order valence-corrected chi connectivity index (χ1v) is 6.84. The Morgan fingerprint density at radius 2 is 2.10 bits per heavy atom. The van der Waals surface area contributed by atoms with E-state index in [1.165, 1.54) is 13.0 Å². The molecule has 21 heavy (non-hydrogen) atoms. The van der Waals surface area contributed by atoms with E-state index in [-0.39, 0.29) is 5.75 Å². The Hall–Kier alpha value is -2.37. The smallest absolute Gasteiger partial charge is 0.308 e. The lowest BCUT2D eigenvalue weighted by atomic mass is 10.1. The van der Waals surface area contributed by atoms with Gasteiger partial charge in [-0.2, -0.15) is 0 Å². The van der Waals surface area contributed by atoms with Crippen LogP contribution in [0.5, 0.6) is 5.75 Å². The van der Waals surface area contributed by atoms with Crippen LogP contribution in [0.15, 0.2) is 24.3 Å². The van der Waals surface area contributed by atoms with Crippen molar-refractivity contribution in [1.82, 2.24) is 5.32 Å². The van der Waals surface area contributed by atoms with Gasteiger partial charge in [-0.3, -0.25) is 14.4 Å². The standard InChI is InChI=1S/C15H18N2O4/c1-9(18)21-12-4-2-3-11(8-12)15(20)17-13(14(16)19)7-10-5-6-10/h2-4,8,10,13H,5-7H2,1H3,(H2,16,19)(H,17,20)/t13-/m1/s1. The molecule has 1 aromatic carbocycles. The number of primary amides is 1. The van der Waals surface area contributed by atoms with Gasteiger partial charge in [0.1, 0.15) is 11.8 Å². The summed E-state index contributed by atoms with van der Waals surface area (Å²) in [5.41, 5.74) is 5.63. The van der Waals surface area contributed by atoms with Gasteiger partial charge in [0.25, 0.3) is 5.91 Å². The van der Waals surface area contributed by atoms with Crippen LogP contribution in [0, 0.1) is 5.92 Å². The van der Waals surface area contributed by atoms with Crippen molar-refractivity contribution < 1.29 is 19.1 Å². The van der Waals surface area contributed by atoms with E-state index in [2.05, 4.69) is 5.32 Å². The van der Waals surface area contributed by atoms with Crippen LogP contribution in [0.3, 0.4) is 0 Å². The first-order valence-electron chi connectivity index (χ1n) is 6.84. The molecule has 112 valence electrons. The Kier molecular flexibility index (Phi) is 4.57. The van der Waals surface area contributed by atoms with Crippen molar-refractivity contribution in [2.24, 2.45) is 11.7 Å². The lowest BCUT2D eigenvalue weighted by molar-refractivity contribution is -0.131.